The molecule has 0 fully saturated rings. The van der Waals surface area contributed by atoms with Crippen LogP contribution >= 0.6 is 0 Å². The summed E-state index contributed by atoms with van der Waals surface area (Å²) in [5.41, 5.74) is 2.09. The number of esters is 1. The average Bonchev–Trinajstić information content (AvgIpc) is 2.93. The van der Waals surface area contributed by atoms with Gasteiger partial charge in [0.25, 0.3) is 0 Å². The fourth-order valence-corrected chi connectivity index (χ4v) is 2.16. The number of nitrogens with one attached hydrogen (secondary N) is 3. The zero-order chi connectivity index (χ0) is 17.1. The van der Waals surface area contributed by atoms with Crippen molar-refractivity contribution in [1.29, 1.82) is 0 Å². The smallest absolute Gasteiger partial charge is 0.417 e. The molecule has 0 aliphatic heterocycles. The minimum absolute atomic E-state index is 0.325. The molecule has 0 atom stereocenters. The average molecular weight is 327 g/mol. The second kappa shape index (κ2) is 6.29. The summed E-state index contributed by atoms with van der Waals surface area (Å²) in [6, 6.07) is 10.6. The number of carbonyl (C=O) groups excluding carboxylic acids is 2. The molecule has 1 heterocycles. The van der Waals surface area contributed by atoms with Crippen molar-refractivity contribution in [1.82, 2.24) is 4.98 Å². The SMILES string of the molecule is COC(=O)c1cccc(NC(=O)Nc2ccc3[nH]c(=O)oc3c2)c1. The molecule has 0 saturated carbocycles. The first-order valence-electron chi connectivity index (χ1n) is 6.94. The van der Waals surface area contributed by atoms with E-state index in [1.807, 2.05) is 0 Å². The Morgan fingerprint density at radius 2 is 1.83 bits per heavy atom. The van der Waals surface area contributed by atoms with Gasteiger partial charge in [-0.3, -0.25) is 4.98 Å². The quantitative estimate of drug-likeness (QED) is 0.640. The Kier molecular flexibility index (Phi) is 4.02. The molecule has 122 valence electrons. The topological polar surface area (TPSA) is 113 Å². The Morgan fingerprint density at radius 3 is 2.58 bits per heavy atom. The van der Waals surface area contributed by atoms with Gasteiger partial charge >= 0.3 is 17.8 Å². The van der Waals surface area contributed by atoms with Crippen molar-refractivity contribution < 1.29 is 18.7 Å². The molecule has 0 aliphatic rings. The number of urea groups is 1. The number of aromatic nitrogens is 1. The molecule has 8 nitrogen and oxygen atoms in total. The third-order valence-corrected chi connectivity index (χ3v) is 3.22. The van der Waals surface area contributed by atoms with E-state index in [1.54, 1.807) is 30.3 Å². The number of benzene rings is 2. The number of methoxy groups -OCH3 is 1. The molecule has 24 heavy (non-hydrogen) atoms. The summed E-state index contributed by atoms with van der Waals surface area (Å²) < 4.78 is 9.56. The zero-order valence-corrected chi connectivity index (χ0v) is 12.6. The van der Waals surface area contributed by atoms with Gasteiger partial charge in [0, 0.05) is 17.4 Å². The van der Waals surface area contributed by atoms with Crippen molar-refractivity contribution in [3.63, 3.8) is 0 Å². The molecule has 8 heteroatoms. The van der Waals surface area contributed by atoms with Crippen molar-refractivity contribution >= 4 is 34.5 Å². The molecule has 0 radical (unpaired) electrons. The van der Waals surface area contributed by atoms with Crippen LogP contribution in [0.1, 0.15) is 10.4 Å². The molecule has 2 amide bonds. The predicted molar refractivity (Wildman–Crippen MR) is 87.3 cm³/mol. The normalized spacial score (nSPS) is 10.4. The van der Waals surface area contributed by atoms with Crippen molar-refractivity contribution in [3.05, 3.63) is 58.6 Å². The van der Waals surface area contributed by atoms with Crippen LogP contribution in [0.15, 0.2) is 51.7 Å². The Bertz CT molecular complexity index is 973. The molecule has 0 unspecified atom stereocenters. The summed E-state index contributed by atoms with van der Waals surface area (Å²) in [7, 11) is 1.28. The van der Waals surface area contributed by atoms with Gasteiger partial charge in [0.2, 0.25) is 0 Å². The van der Waals surface area contributed by atoms with Gasteiger partial charge in [-0.25, -0.2) is 14.4 Å². The van der Waals surface area contributed by atoms with Crippen molar-refractivity contribution in [2.75, 3.05) is 17.7 Å². The van der Waals surface area contributed by atoms with E-state index < -0.39 is 17.8 Å². The first-order chi connectivity index (χ1) is 11.5. The lowest BCUT2D eigenvalue weighted by Gasteiger charge is -2.08. The van der Waals surface area contributed by atoms with Gasteiger partial charge in [-0.05, 0) is 30.3 Å². The van der Waals surface area contributed by atoms with Crippen molar-refractivity contribution in [3.8, 4) is 0 Å². The maximum Gasteiger partial charge on any atom is 0.417 e. The Labute approximate surface area is 135 Å². The number of H-pyrrole nitrogens is 1. The van der Waals surface area contributed by atoms with Crippen LogP contribution in [-0.2, 0) is 4.74 Å². The van der Waals surface area contributed by atoms with Gasteiger partial charge in [0.05, 0.1) is 18.2 Å². The number of oxazole rings is 1. The molecule has 3 rings (SSSR count). The highest BCUT2D eigenvalue weighted by atomic mass is 16.5. The summed E-state index contributed by atoms with van der Waals surface area (Å²) in [4.78, 5) is 37.1. The number of fused-ring (bicyclic) bond motifs is 1. The predicted octanol–water partition coefficient (Wildman–Crippen LogP) is 2.55. The van der Waals surface area contributed by atoms with E-state index >= 15 is 0 Å². The number of carbonyl (C=O) groups is 2. The third kappa shape index (κ3) is 3.27. The standard InChI is InChI=1S/C16H13N3O5/c1-23-14(20)9-3-2-4-10(7-9)17-15(21)18-11-5-6-12-13(8-11)24-16(22)19-12/h2-8H,1H3,(H,19,22)(H2,17,18,21). The van der Waals surface area contributed by atoms with Crippen LogP contribution in [0.4, 0.5) is 16.2 Å². The van der Waals surface area contributed by atoms with Gasteiger partial charge in [0.1, 0.15) is 0 Å². The van der Waals surface area contributed by atoms with Crippen LogP contribution in [0, 0.1) is 0 Å². The Hall–Kier alpha value is -3.55. The van der Waals surface area contributed by atoms with Gasteiger partial charge in [0.15, 0.2) is 5.58 Å². The second-order valence-corrected chi connectivity index (χ2v) is 4.88. The van der Waals surface area contributed by atoms with E-state index in [4.69, 9.17) is 4.42 Å². The van der Waals surface area contributed by atoms with E-state index in [0.717, 1.165) is 0 Å². The summed E-state index contributed by atoms with van der Waals surface area (Å²) in [6.45, 7) is 0. The van der Waals surface area contributed by atoms with Crippen LogP contribution in [0.3, 0.4) is 0 Å². The minimum atomic E-state index is -0.564. The van der Waals surface area contributed by atoms with Crippen LogP contribution in [0.2, 0.25) is 0 Å². The van der Waals surface area contributed by atoms with Crippen LogP contribution in [0.25, 0.3) is 11.1 Å². The van der Waals surface area contributed by atoms with Crippen molar-refractivity contribution in [2.45, 2.75) is 0 Å². The first kappa shape index (κ1) is 15.3. The minimum Gasteiger partial charge on any atom is -0.465 e. The fourth-order valence-electron chi connectivity index (χ4n) is 2.16. The highest BCUT2D eigenvalue weighted by Crippen LogP contribution is 2.17. The van der Waals surface area contributed by atoms with E-state index in [0.29, 0.717) is 28.0 Å². The van der Waals surface area contributed by atoms with E-state index in [9.17, 15) is 14.4 Å². The number of hydrogen-bond donors (Lipinski definition) is 3. The van der Waals surface area contributed by atoms with Gasteiger partial charge in [-0.15, -0.1) is 0 Å². The highest BCUT2D eigenvalue weighted by molar-refractivity contribution is 6.01. The van der Waals surface area contributed by atoms with Gasteiger partial charge < -0.3 is 19.8 Å². The molecule has 0 aliphatic carbocycles. The molecule has 3 aromatic rings. The lowest BCUT2D eigenvalue weighted by molar-refractivity contribution is 0.0600. The van der Waals surface area contributed by atoms with Crippen LogP contribution < -0.4 is 16.4 Å². The zero-order valence-electron chi connectivity index (χ0n) is 12.6. The number of anilines is 2. The molecule has 2 aromatic carbocycles. The van der Waals surface area contributed by atoms with Crippen molar-refractivity contribution in [2.24, 2.45) is 0 Å². The Balaban J connectivity index is 1.72. The van der Waals surface area contributed by atoms with E-state index in [1.165, 1.54) is 19.2 Å². The molecule has 3 N–H and O–H groups in total. The fraction of sp³-hybridized carbons (Fsp3) is 0.0625. The van der Waals surface area contributed by atoms with E-state index in [-0.39, 0.29) is 0 Å². The number of amides is 2. The summed E-state index contributed by atoms with van der Waals surface area (Å²) in [6.07, 6.45) is 0. The first-order valence-corrected chi connectivity index (χ1v) is 6.94. The molecule has 1 aromatic heterocycles. The lowest BCUT2D eigenvalue weighted by Crippen LogP contribution is -2.19. The Morgan fingerprint density at radius 1 is 1.08 bits per heavy atom. The summed E-state index contributed by atoms with van der Waals surface area (Å²) in [5.74, 6) is -1.06. The van der Waals surface area contributed by atoms with Gasteiger partial charge in [-0.2, -0.15) is 0 Å². The molecule has 0 spiro atoms. The highest BCUT2D eigenvalue weighted by Gasteiger charge is 2.09. The largest absolute Gasteiger partial charge is 0.465 e. The number of ether oxygens (including phenoxy) is 1. The molecular weight excluding hydrogens is 314 g/mol. The summed E-state index contributed by atoms with van der Waals surface area (Å²) in [5, 5.41) is 5.22. The number of hydrogen-bond acceptors (Lipinski definition) is 5. The number of rotatable bonds is 3. The maximum absolute atomic E-state index is 12.0. The second-order valence-electron chi connectivity index (χ2n) is 4.88. The monoisotopic (exact) mass is 327 g/mol. The third-order valence-electron chi connectivity index (χ3n) is 3.22. The van der Waals surface area contributed by atoms with Gasteiger partial charge in [-0.1, -0.05) is 6.07 Å². The van der Waals surface area contributed by atoms with E-state index in [2.05, 4.69) is 20.4 Å². The molecule has 0 bridgehead atoms. The lowest BCUT2D eigenvalue weighted by atomic mass is 10.2. The molecule has 0 saturated heterocycles. The van der Waals surface area contributed by atoms with Crippen LogP contribution in [-0.4, -0.2) is 24.1 Å². The maximum atomic E-state index is 12.0. The number of aromatic amines is 1. The van der Waals surface area contributed by atoms with Crippen LogP contribution in [0.5, 0.6) is 0 Å². The molecular formula is C16H13N3O5. The summed E-state index contributed by atoms with van der Waals surface area (Å²) >= 11 is 0.